The first-order valence-electron chi connectivity index (χ1n) is 5.84. The zero-order chi connectivity index (χ0) is 13.5. The number of carboxylic acids is 1. The molecule has 96 valence electrons. The van der Waals surface area contributed by atoms with Gasteiger partial charge in [0.15, 0.2) is 0 Å². The third-order valence-electron chi connectivity index (χ3n) is 2.82. The largest absolute Gasteiger partial charge is 0.481 e. The van der Waals surface area contributed by atoms with E-state index in [-0.39, 0.29) is 18.1 Å². The minimum Gasteiger partial charge on any atom is -0.481 e. The number of rotatable bonds is 9. The summed E-state index contributed by atoms with van der Waals surface area (Å²) < 4.78 is 0. The maximum absolute atomic E-state index is 11.9. The molecule has 0 aliphatic heterocycles. The Hall–Kier alpha value is -1.38. The van der Waals surface area contributed by atoms with Gasteiger partial charge in [-0.15, -0.1) is 13.2 Å². The number of hydrogen-bond donors (Lipinski definition) is 1. The summed E-state index contributed by atoms with van der Waals surface area (Å²) in [6.45, 7) is 10.4. The van der Waals surface area contributed by atoms with Crippen molar-refractivity contribution in [3.05, 3.63) is 25.3 Å². The molecule has 17 heavy (non-hydrogen) atoms. The first-order chi connectivity index (χ1) is 7.85. The summed E-state index contributed by atoms with van der Waals surface area (Å²) in [7, 11) is 0. The van der Waals surface area contributed by atoms with Crippen molar-refractivity contribution < 1.29 is 14.7 Å². The summed E-state index contributed by atoms with van der Waals surface area (Å²) in [6.07, 6.45) is 5.92. The summed E-state index contributed by atoms with van der Waals surface area (Å²) in [5, 5.41) is 8.97. The molecule has 0 aromatic rings. The molecular formula is C14H22O3. The van der Waals surface area contributed by atoms with Crippen LogP contribution < -0.4 is 0 Å². The number of carboxylic acid groups (broad SMARTS) is 1. The molecule has 3 nitrogen and oxygen atoms in total. The zero-order valence-corrected chi connectivity index (χ0v) is 10.7. The van der Waals surface area contributed by atoms with Gasteiger partial charge in [-0.2, -0.15) is 0 Å². The van der Waals surface area contributed by atoms with Crippen LogP contribution in [0.4, 0.5) is 0 Å². The van der Waals surface area contributed by atoms with E-state index in [0.29, 0.717) is 6.42 Å². The highest BCUT2D eigenvalue weighted by atomic mass is 16.4. The second-order valence-electron chi connectivity index (χ2n) is 4.89. The second kappa shape index (κ2) is 7.05. The van der Waals surface area contributed by atoms with Gasteiger partial charge in [-0.05, 0) is 33.1 Å². The fraction of sp³-hybridized carbons (Fsp3) is 0.571. The van der Waals surface area contributed by atoms with Crippen LogP contribution in [0.3, 0.4) is 0 Å². The van der Waals surface area contributed by atoms with Crippen LogP contribution in [0.1, 0.15) is 39.5 Å². The highest BCUT2D eigenvalue weighted by Crippen LogP contribution is 2.25. The molecule has 0 fully saturated rings. The summed E-state index contributed by atoms with van der Waals surface area (Å²) in [6, 6.07) is 0. The minimum atomic E-state index is -1.00. The van der Waals surface area contributed by atoms with E-state index in [4.69, 9.17) is 5.11 Å². The van der Waals surface area contributed by atoms with Crippen LogP contribution in [0, 0.1) is 11.3 Å². The Bertz CT molecular complexity index is 303. The number of carbonyl (C=O) groups is 2. The van der Waals surface area contributed by atoms with Gasteiger partial charge in [0.1, 0.15) is 5.78 Å². The van der Waals surface area contributed by atoms with Crippen molar-refractivity contribution in [1.29, 1.82) is 0 Å². The van der Waals surface area contributed by atoms with Crippen molar-refractivity contribution in [3.63, 3.8) is 0 Å². The smallest absolute Gasteiger partial charge is 0.309 e. The number of ketones is 1. The van der Waals surface area contributed by atoms with Crippen molar-refractivity contribution in [1.82, 2.24) is 0 Å². The Balaban J connectivity index is 4.40. The zero-order valence-electron chi connectivity index (χ0n) is 10.7. The molecule has 0 saturated carbocycles. The number of unbranched alkanes of at least 4 members (excludes halogenated alkanes) is 1. The highest BCUT2D eigenvalue weighted by molar-refractivity contribution is 5.88. The van der Waals surface area contributed by atoms with Crippen LogP contribution in [0.2, 0.25) is 0 Å². The van der Waals surface area contributed by atoms with Gasteiger partial charge in [-0.1, -0.05) is 12.2 Å². The summed E-state index contributed by atoms with van der Waals surface area (Å²) >= 11 is 0. The van der Waals surface area contributed by atoms with Crippen LogP contribution in [0.5, 0.6) is 0 Å². The lowest BCUT2D eigenvalue weighted by molar-refractivity contribution is -0.149. The first kappa shape index (κ1) is 15.6. The molecule has 1 N–H and O–H groups in total. The molecule has 0 aliphatic carbocycles. The van der Waals surface area contributed by atoms with Crippen molar-refractivity contribution in [2.24, 2.45) is 11.3 Å². The van der Waals surface area contributed by atoms with Gasteiger partial charge in [0.25, 0.3) is 0 Å². The summed E-state index contributed by atoms with van der Waals surface area (Å²) in [5.74, 6) is -1.23. The molecule has 0 saturated heterocycles. The molecule has 0 aromatic heterocycles. The van der Waals surface area contributed by atoms with Crippen LogP contribution >= 0.6 is 0 Å². The quantitative estimate of drug-likeness (QED) is 0.495. The Kier molecular flexibility index (Phi) is 6.47. The molecule has 0 radical (unpaired) electrons. The molecule has 0 aliphatic rings. The molecule has 0 aromatic carbocycles. The van der Waals surface area contributed by atoms with E-state index in [1.54, 1.807) is 19.9 Å². The minimum absolute atomic E-state index is 0.0449. The maximum Gasteiger partial charge on any atom is 0.309 e. The number of allylic oxidation sites excluding steroid dienone is 2. The molecule has 0 amide bonds. The monoisotopic (exact) mass is 238 g/mol. The SMILES string of the molecule is C=CCCCC(C=C)C(=O)CC(C)(C)C(=O)O. The Morgan fingerprint density at radius 2 is 1.94 bits per heavy atom. The van der Waals surface area contributed by atoms with Crippen molar-refractivity contribution in [3.8, 4) is 0 Å². The molecule has 3 heteroatoms. The number of aliphatic carboxylic acids is 1. The van der Waals surface area contributed by atoms with E-state index in [1.807, 2.05) is 6.08 Å². The molecule has 0 spiro atoms. The topological polar surface area (TPSA) is 54.4 Å². The fourth-order valence-corrected chi connectivity index (χ4v) is 1.53. The van der Waals surface area contributed by atoms with Crippen LogP contribution in [0.25, 0.3) is 0 Å². The van der Waals surface area contributed by atoms with Gasteiger partial charge in [-0.25, -0.2) is 0 Å². The van der Waals surface area contributed by atoms with Gasteiger partial charge in [0.05, 0.1) is 5.41 Å². The van der Waals surface area contributed by atoms with E-state index in [2.05, 4.69) is 13.2 Å². The van der Waals surface area contributed by atoms with E-state index < -0.39 is 11.4 Å². The molecule has 0 bridgehead atoms. The first-order valence-corrected chi connectivity index (χ1v) is 5.84. The third kappa shape index (κ3) is 5.48. The van der Waals surface area contributed by atoms with Gasteiger partial charge in [-0.3, -0.25) is 9.59 Å². The van der Waals surface area contributed by atoms with E-state index in [0.717, 1.165) is 12.8 Å². The molecule has 0 heterocycles. The van der Waals surface area contributed by atoms with Gasteiger partial charge in [0.2, 0.25) is 0 Å². The lowest BCUT2D eigenvalue weighted by Crippen LogP contribution is -2.29. The summed E-state index contributed by atoms with van der Waals surface area (Å²) in [5.41, 5.74) is -1.00. The van der Waals surface area contributed by atoms with E-state index >= 15 is 0 Å². The van der Waals surface area contributed by atoms with Crippen LogP contribution in [-0.2, 0) is 9.59 Å². The predicted octanol–water partition coefficient (Wildman–Crippen LogP) is 3.21. The fourth-order valence-electron chi connectivity index (χ4n) is 1.53. The average molecular weight is 238 g/mol. The van der Waals surface area contributed by atoms with Crippen LogP contribution in [-0.4, -0.2) is 16.9 Å². The van der Waals surface area contributed by atoms with Gasteiger partial charge in [0, 0.05) is 12.3 Å². The molecule has 1 unspecified atom stereocenters. The average Bonchev–Trinajstić information content (AvgIpc) is 2.23. The van der Waals surface area contributed by atoms with Crippen molar-refractivity contribution in [2.45, 2.75) is 39.5 Å². The molecule has 1 atom stereocenters. The molecular weight excluding hydrogens is 216 g/mol. The highest BCUT2D eigenvalue weighted by Gasteiger charge is 2.31. The van der Waals surface area contributed by atoms with E-state index in [9.17, 15) is 9.59 Å². The van der Waals surface area contributed by atoms with Crippen LogP contribution in [0.15, 0.2) is 25.3 Å². The lowest BCUT2D eigenvalue weighted by atomic mass is 9.82. The maximum atomic E-state index is 11.9. The third-order valence-corrected chi connectivity index (χ3v) is 2.82. The van der Waals surface area contributed by atoms with Gasteiger partial charge < -0.3 is 5.11 Å². The van der Waals surface area contributed by atoms with Crippen molar-refractivity contribution in [2.75, 3.05) is 0 Å². The Morgan fingerprint density at radius 1 is 1.35 bits per heavy atom. The second-order valence-corrected chi connectivity index (χ2v) is 4.89. The Labute approximate surface area is 103 Å². The number of hydrogen-bond acceptors (Lipinski definition) is 2. The standard InChI is InChI=1S/C14H22O3/c1-5-7-8-9-11(6-2)12(15)10-14(3,4)13(16)17/h5-6,11H,1-2,7-10H2,3-4H3,(H,16,17). The normalized spacial score (nSPS) is 12.8. The predicted molar refractivity (Wildman–Crippen MR) is 68.8 cm³/mol. The van der Waals surface area contributed by atoms with Gasteiger partial charge >= 0.3 is 5.97 Å². The van der Waals surface area contributed by atoms with E-state index in [1.165, 1.54) is 0 Å². The summed E-state index contributed by atoms with van der Waals surface area (Å²) in [4.78, 5) is 22.9. The number of carbonyl (C=O) groups excluding carboxylic acids is 1. The van der Waals surface area contributed by atoms with Crippen molar-refractivity contribution >= 4 is 11.8 Å². The lowest BCUT2D eigenvalue weighted by Gasteiger charge is -2.20. The number of Topliss-reactive ketones (excluding diaryl/α,β-unsaturated/α-hetero) is 1. The molecule has 0 rings (SSSR count). The Morgan fingerprint density at radius 3 is 2.35 bits per heavy atom.